The predicted molar refractivity (Wildman–Crippen MR) is 77.3 cm³/mol. The molecule has 9 N–H and O–H groups in total. The predicted octanol–water partition coefficient (Wildman–Crippen LogP) is -4.79. The summed E-state index contributed by atoms with van der Waals surface area (Å²) in [5, 5.41) is 67.1. The Bertz CT molecular complexity index is 358. The van der Waals surface area contributed by atoms with Gasteiger partial charge in [-0.05, 0) is 6.92 Å². The second kappa shape index (κ2) is 9.89. The van der Waals surface area contributed by atoms with Crippen molar-refractivity contribution < 1.29 is 50.0 Å². The molecule has 9 atom stereocenters. The fraction of sp³-hybridized carbons (Fsp3) is 1.00. The third kappa shape index (κ3) is 5.28. The largest absolute Gasteiger partial charge is 0.394 e. The molecule has 144 valence electrons. The molecule has 1 heterocycles. The van der Waals surface area contributed by atoms with Crippen LogP contribution in [0.4, 0.5) is 0 Å². The van der Waals surface area contributed by atoms with Crippen LogP contribution in [0.5, 0.6) is 0 Å². The van der Waals surface area contributed by atoms with Gasteiger partial charge in [0.05, 0.1) is 19.3 Å². The zero-order chi connectivity index (χ0) is 18.4. The number of nitrogens with two attached hydrogens (primary N) is 1. The molecule has 0 aliphatic carbocycles. The summed E-state index contributed by atoms with van der Waals surface area (Å²) < 4.78 is 15.6. The highest BCUT2D eigenvalue weighted by Gasteiger charge is 2.46. The number of aliphatic hydroxyl groups is 7. The minimum absolute atomic E-state index is 0.261. The maximum atomic E-state index is 9.94. The van der Waals surface area contributed by atoms with Gasteiger partial charge in [0.15, 0.2) is 12.6 Å². The number of hydrogen-bond donors (Lipinski definition) is 8. The van der Waals surface area contributed by atoms with E-state index in [1.54, 1.807) is 0 Å². The van der Waals surface area contributed by atoms with E-state index in [9.17, 15) is 30.6 Å². The summed E-state index contributed by atoms with van der Waals surface area (Å²) in [5.74, 6) is 0. The van der Waals surface area contributed by atoms with Gasteiger partial charge in [-0.2, -0.15) is 0 Å². The van der Waals surface area contributed by atoms with Gasteiger partial charge in [-0.15, -0.1) is 0 Å². The lowest BCUT2D eigenvalue weighted by molar-refractivity contribution is -0.329. The van der Waals surface area contributed by atoms with E-state index in [2.05, 4.69) is 0 Å². The SMILES string of the molecule is C[C@@H](O)[C@H](O[C@@H]1OC(CO)[C@H](O)C(O)C1O)C(CO)O[C@H](O)CN. The normalized spacial score (nSPS) is 36.1. The molecule has 1 saturated heterocycles. The molecule has 0 radical (unpaired) electrons. The molecule has 0 aromatic carbocycles. The zero-order valence-electron chi connectivity index (χ0n) is 13.3. The van der Waals surface area contributed by atoms with Gasteiger partial charge in [0.2, 0.25) is 0 Å². The molecule has 0 amide bonds. The lowest BCUT2D eigenvalue weighted by Gasteiger charge is -2.42. The summed E-state index contributed by atoms with van der Waals surface area (Å²) in [7, 11) is 0. The van der Waals surface area contributed by atoms with E-state index < -0.39 is 68.5 Å². The molecule has 0 bridgehead atoms. The standard InChI is InChI=1S/C13H27NO10/c1-5(17)12(7(4-16)22-8(18)2-14)24-13-11(21)10(20)9(19)6(3-15)23-13/h5-13,15-21H,2-4,14H2,1H3/t5-,6?,7?,8+,9+,10?,11?,12+,13+/m1/s1. The summed E-state index contributed by atoms with van der Waals surface area (Å²) in [6.45, 7) is -0.237. The smallest absolute Gasteiger partial charge is 0.187 e. The third-order valence-corrected chi connectivity index (χ3v) is 3.70. The Morgan fingerprint density at radius 3 is 2.17 bits per heavy atom. The van der Waals surface area contributed by atoms with E-state index >= 15 is 0 Å². The fourth-order valence-electron chi connectivity index (χ4n) is 2.33. The van der Waals surface area contributed by atoms with Gasteiger partial charge in [0, 0.05) is 6.54 Å². The molecule has 11 heteroatoms. The highest BCUT2D eigenvalue weighted by atomic mass is 16.7. The minimum atomic E-state index is -1.68. The van der Waals surface area contributed by atoms with E-state index in [0.29, 0.717) is 0 Å². The van der Waals surface area contributed by atoms with Crippen molar-refractivity contribution in [2.45, 2.75) is 62.2 Å². The summed E-state index contributed by atoms with van der Waals surface area (Å²) in [4.78, 5) is 0. The monoisotopic (exact) mass is 357 g/mol. The van der Waals surface area contributed by atoms with Gasteiger partial charge in [0.1, 0.15) is 36.6 Å². The Hall–Kier alpha value is -0.440. The van der Waals surface area contributed by atoms with Crippen LogP contribution in [0.3, 0.4) is 0 Å². The Balaban J connectivity index is 2.86. The van der Waals surface area contributed by atoms with E-state index in [0.717, 1.165) is 0 Å². The average Bonchev–Trinajstić information content (AvgIpc) is 2.56. The first-order valence-electron chi connectivity index (χ1n) is 7.55. The van der Waals surface area contributed by atoms with E-state index in [1.165, 1.54) is 6.92 Å². The molecular formula is C13H27NO10. The van der Waals surface area contributed by atoms with Gasteiger partial charge >= 0.3 is 0 Å². The number of rotatable bonds is 9. The van der Waals surface area contributed by atoms with E-state index in [4.69, 9.17) is 25.1 Å². The molecule has 0 aromatic heterocycles. The molecule has 0 saturated carbocycles. The van der Waals surface area contributed by atoms with Crippen LogP contribution in [0.15, 0.2) is 0 Å². The van der Waals surface area contributed by atoms with Crippen molar-refractivity contribution in [1.29, 1.82) is 0 Å². The van der Waals surface area contributed by atoms with Crippen LogP contribution in [-0.2, 0) is 14.2 Å². The van der Waals surface area contributed by atoms with Gasteiger partial charge in [-0.3, -0.25) is 0 Å². The van der Waals surface area contributed by atoms with Crippen LogP contribution >= 0.6 is 0 Å². The lowest BCUT2D eigenvalue weighted by Crippen LogP contribution is -2.61. The van der Waals surface area contributed by atoms with E-state index in [1.807, 2.05) is 0 Å². The Morgan fingerprint density at radius 1 is 1.08 bits per heavy atom. The van der Waals surface area contributed by atoms with Crippen molar-refractivity contribution in [1.82, 2.24) is 0 Å². The van der Waals surface area contributed by atoms with Gasteiger partial charge < -0.3 is 55.7 Å². The maximum Gasteiger partial charge on any atom is 0.187 e. The molecule has 1 aliphatic heterocycles. The lowest BCUT2D eigenvalue weighted by atomic mass is 9.99. The van der Waals surface area contributed by atoms with Gasteiger partial charge in [-0.1, -0.05) is 0 Å². The summed E-state index contributed by atoms with van der Waals surface area (Å²) in [5.41, 5.74) is 5.21. The number of hydrogen-bond acceptors (Lipinski definition) is 11. The van der Waals surface area contributed by atoms with Crippen LogP contribution in [0, 0.1) is 0 Å². The van der Waals surface area contributed by atoms with Crippen molar-refractivity contribution in [3.63, 3.8) is 0 Å². The van der Waals surface area contributed by atoms with Crippen LogP contribution in [0.25, 0.3) is 0 Å². The van der Waals surface area contributed by atoms with Crippen molar-refractivity contribution in [2.75, 3.05) is 19.8 Å². The molecule has 11 nitrogen and oxygen atoms in total. The first-order chi connectivity index (χ1) is 11.3. The quantitative estimate of drug-likeness (QED) is 0.184. The molecule has 1 aliphatic rings. The molecule has 4 unspecified atom stereocenters. The van der Waals surface area contributed by atoms with Crippen molar-refractivity contribution >= 4 is 0 Å². The van der Waals surface area contributed by atoms with Crippen molar-refractivity contribution in [3.05, 3.63) is 0 Å². The molecule has 1 rings (SSSR count). The minimum Gasteiger partial charge on any atom is -0.394 e. The van der Waals surface area contributed by atoms with Crippen molar-refractivity contribution in [3.8, 4) is 0 Å². The van der Waals surface area contributed by atoms with Crippen LogP contribution in [0.1, 0.15) is 6.92 Å². The summed E-state index contributed by atoms with van der Waals surface area (Å²) in [6, 6.07) is 0. The Labute approximate surface area is 138 Å². The molecular weight excluding hydrogens is 330 g/mol. The van der Waals surface area contributed by atoms with E-state index in [-0.39, 0.29) is 6.54 Å². The maximum absolute atomic E-state index is 9.94. The van der Waals surface area contributed by atoms with Gasteiger partial charge in [-0.25, -0.2) is 0 Å². The first-order valence-corrected chi connectivity index (χ1v) is 7.55. The second-order valence-corrected chi connectivity index (χ2v) is 5.59. The Morgan fingerprint density at radius 2 is 1.71 bits per heavy atom. The number of ether oxygens (including phenoxy) is 3. The summed E-state index contributed by atoms with van der Waals surface area (Å²) >= 11 is 0. The molecule has 0 spiro atoms. The van der Waals surface area contributed by atoms with Crippen molar-refractivity contribution in [2.24, 2.45) is 5.73 Å². The number of aliphatic hydroxyl groups excluding tert-OH is 7. The van der Waals surface area contributed by atoms with Crippen LogP contribution in [0.2, 0.25) is 0 Å². The average molecular weight is 357 g/mol. The molecule has 0 aromatic rings. The summed E-state index contributed by atoms with van der Waals surface area (Å²) in [6.07, 6.45) is -12.7. The van der Waals surface area contributed by atoms with Gasteiger partial charge in [0.25, 0.3) is 0 Å². The third-order valence-electron chi connectivity index (χ3n) is 3.70. The highest BCUT2D eigenvalue weighted by molar-refractivity contribution is 4.90. The Kier molecular flexibility index (Phi) is 8.90. The first kappa shape index (κ1) is 21.6. The van der Waals surface area contributed by atoms with Crippen LogP contribution in [-0.4, -0.2) is 111 Å². The van der Waals surface area contributed by atoms with Crippen LogP contribution < -0.4 is 5.73 Å². The fourth-order valence-corrected chi connectivity index (χ4v) is 2.33. The molecule has 24 heavy (non-hydrogen) atoms. The topological polar surface area (TPSA) is 195 Å². The molecule has 1 fully saturated rings. The second-order valence-electron chi connectivity index (χ2n) is 5.59. The highest BCUT2D eigenvalue weighted by Crippen LogP contribution is 2.25. The zero-order valence-corrected chi connectivity index (χ0v) is 13.3.